The van der Waals surface area contributed by atoms with Crippen molar-refractivity contribution in [2.24, 2.45) is 5.73 Å². The fourth-order valence-electron chi connectivity index (χ4n) is 0.711. The molecule has 0 aliphatic heterocycles. The molecule has 3 heteroatoms. The molecule has 0 aliphatic rings. The van der Waals surface area contributed by atoms with Gasteiger partial charge in [-0.15, -0.1) is 0 Å². The second-order valence-electron chi connectivity index (χ2n) is 2.67. The van der Waals surface area contributed by atoms with Crippen LogP contribution in [0.25, 0.3) is 0 Å². The van der Waals surface area contributed by atoms with Gasteiger partial charge in [0, 0.05) is 12.6 Å². The van der Waals surface area contributed by atoms with Crippen LogP contribution in [-0.4, -0.2) is 29.5 Å². The van der Waals surface area contributed by atoms with Gasteiger partial charge in [0.05, 0.1) is 6.61 Å². The van der Waals surface area contributed by atoms with E-state index in [1.807, 2.05) is 6.92 Å². The van der Waals surface area contributed by atoms with E-state index in [0.717, 1.165) is 5.57 Å². The van der Waals surface area contributed by atoms with Crippen LogP contribution in [0.4, 0.5) is 0 Å². The summed E-state index contributed by atoms with van der Waals surface area (Å²) < 4.78 is 0. The van der Waals surface area contributed by atoms with Crippen molar-refractivity contribution in [2.45, 2.75) is 19.4 Å². The lowest BCUT2D eigenvalue weighted by molar-refractivity contribution is 0.300. The van der Waals surface area contributed by atoms with Gasteiger partial charge in [-0.2, -0.15) is 0 Å². The first-order valence-electron chi connectivity index (χ1n) is 4.05. The monoisotopic (exact) mass is 171 g/mol. The van der Waals surface area contributed by atoms with Crippen molar-refractivity contribution >= 4 is 0 Å². The molecule has 0 fully saturated rings. The summed E-state index contributed by atoms with van der Waals surface area (Å²) in [5.41, 5.74) is 6.27. The smallest absolute Gasteiger partial charge is 0.0678 e. The molecule has 0 bridgehead atoms. The van der Waals surface area contributed by atoms with Crippen molar-refractivity contribution in [2.75, 3.05) is 13.2 Å². The third-order valence-corrected chi connectivity index (χ3v) is 1.33. The number of aliphatic hydroxyl groups is 2. The normalized spacial score (nSPS) is 15.5. The van der Waals surface area contributed by atoms with Crippen molar-refractivity contribution in [3.8, 4) is 0 Å². The van der Waals surface area contributed by atoms with E-state index in [1.165, 1.54) is 0 Å². The lowest BCUT2D eigenvalue weighted by atomic mass is 10.2. The highest BCUT2D eigenvalue weighted by Gasteiger charge is 1.89. The van der Waals surface area contributed by atoms with Crippen molar-refractivity contribution in [3.05, 3.63) is 23.8 Å². The van der Waals surface area contributed by atoms with E-state index in [4.69, 9.17) is 15.9 Å². The van der Waals surface area contributed by atoms with Crippen LogP contribution >= 0.6 is 0 Å². The Morgan fingerprint density at radius 2 is 2.17 bits per heavy atom. The van der Waals surface area contributed by atoms with Gasteiger partial charge in [0.25, 0.3) is 0 Å². The summed E-state index contributed by atoms with van der Waals surface area (Å²) in [7, 11) is 0. The summed E-state index contributed by atoms with van der Waals surface area (Å²) in [5.74, 6) is 0. The highest BCUT2D eigenvalue weighted by molar-refractivity contribution is 5.19. The van der Waals surface area contributed by atoms with Crippen molar-refractivity contribution in [3.63, 3.8) is 0 Å². The molecular weight excluding hydrogens is 154 g/mol. The first kappa shape index (κ1) is 11.4. The van der Waals surface area contributed by atoms with E-state index in [-0.39, 0.29) is 19.3 Å². The van der Waals surface area contributed by atoms with Crippen LogP contribution in [0.2, 0.25) is 0 Å². The molecule has 0 saturated carbocycles. The summed E-state index contributed by atoms with van der Waals surface area (Å²) in [6.45, 7) is 1.95. The Hall–Kier alpha value is -0.640. The average Bonchev–Trinajstić information content (AvgIpc) is 2.05. The fraction of sp³-hybridized carbons (Fsp3) is 0.556. The molecule has 0 aromatic heterocycles. The summed E-state index contributed by atoms with van der Waals surface area (Å²) in [6.07, 6.45) is 5.94. The zero-order valence-electron chi connectivity index (χ0n) is 7.40. The molecule has 0 radical (unpaired) electrons. The molecular formula is C9H17NO2. The van der Waals surface area contributed by atoms with Gasteiger partial charge in [-0.25, -0.2) is 0 Å². The largest absolute Gasteiger partial charge is 0.396 e. The molecule has 3 nitrogen and oxygen atoms in total. The van der Waals surface area contributed by atoms with Crippen LogP contribution in [0.3, 0.4) is 0 Å². The third-order valence-electron chi connectivity index (χ3n) is 1.33. The molecule has 0 rings (SSSR count). The highest BCUT2D eigenvalue weighted by atomic mass is 16.3. The molecule has 0 aromatic carbocycles. The zero-order valence-corrected chi connectivity index (χ0v) is 7.40. The van der Waals surface area contributed by atoms with E-state index in [2.05, 4.69) is 0 Å². The third kappa shape index (κ3) is 6.09. The fourth-order valence-corrected chi connectivity index (χ4v) is 0.711. The molecule has 0 spiro atoms. The molecule has 0 amide bonds. The van der Waals surface area contributed by atoms with Crippen molar-refractivity contribution in [1.29, 1.82) is 0 Å². The lowest BCUT2D eigenvalue weighted by Crippen LogP contribution is -2.10. The maximum atomic E-state index is 8.82. The molecule has 70 valence electrons. The van der Waals surface area contributed by atoms with Crippen LogP contribution in [-0.2, 0) is 0 Å². The van der Waals surface area contributed by atoms with E-state index >= 15 is 0 Å². The number of hydrogen-bond acceptors (Lipinski definition) is 3. The Balaban J connectivity index is 3.98. The Morgan fingerprint density at radius 1 is 1.50 bits per heavy atom. The molecule has 12 heavy (non-hydrogen) atoms. The predicted octanol–water partition coefficient (Wildman–Crippen LogP) is 0.191. The first-order valence-corrected chi connectivity index (χ1v) is 4.05. The van der Waals surface area contributed by atoms with E-state index in [9.17, 15) is 0 Å². The van der Waals surface area contributed by atoms with Crippen LogP contribution in [0.15, 0.2) is 23.8 Å². The van der Waals surface area contributed by atoms with Crippen LogP contribution in [0.5, 0.6) is 0 Å². The number of hydrogen-bond donors (Lipinski definition) is 3. The Morgan fingerprint density at radius 3 is 2.58 bits per heavy atom. The second kappa shape index (κ2) is 7.03. The molecule has 0 heterocycles. The van der Waals surface area contributed by atoms with E-state index in [1.54, 1.807) is 18.2 Å². The van der Waals surface area contributed by atoms with Crippen LogP contribution in [0, 0.1) is 0 Å². The maximum Gasteiger partial charge on any atom is 0.0678 e. The molecule has 1 atom stereocenters. The average molecular weight is 171 g/mol. The minimum atomic E-state index is -0.0107. The number of aliphatic hydroxyl groups excluding tert-OH is 2. The van der Waals surface area contributed by atoms with Crippen LogP contribution < -0.4 is 5.73 Å². The number of nitrogens with two attached hydrogens (primary N) is 1. The van der Waals surface area contributed by atoms with E-state index in [0.29, 0.717) is 6.42 Å². The van der Waals surface area contributed by atoms with Gasteiger partial charge in [0.1, 0.15) is 0 Å². The van der Waals surface area contributed by atoms with Gasteiger partial charge in [-0.3, -0.25) is 0 Å². The topological polar surface area (TPSA) is 66.5 Å². The molecule has 4 N–H and O–H groups in total. The SMILES string of the molecule is CC(N)/C=C\C(=C/CCO)CO. The lowest BCUT2D eigenvalue weighted by Gasteiger charge is -1.98. The molecule has 0 saturated heterocycles. The van der Waals surface area contributed by atoms with Crippen LogP contribution in [0.1, 0.15) is 13.3 Å². The second-order valence-corrected chi connectivity index (χ2v) is 2.67. The van der Waals surface area contributed by atoms with Crippen molar-refractivity contribution in [1.82, 2.24) is 0 Å². The Bertz CT molecular complexity index is 162. The Kier molecular flexibility index (Phi) is 6.66. The van der Waals surface area contributed by atoms with Crippen molar-refractivity contribution < 1.29 is 10.2 Å². The maximum absolute atomic E-state index is 8.82. The van der Waals surface area contributed by atoms with Gasteiger partial charge in [-0.05, 0) is 18.9 Å². The summed E-state index contributed by atoms with van der Waals surface area (Å²) in [5, 5.41) is 17.3. The first-order chi connectivity index (χ1) is 5.70. The van der Waals surface area contributed by atoms with Gasteiger partial charge in [0.2, 0.25) is 0 Å². The predicted molar refractivity (Wildman–Crippen MR) is 49.7 cm³/mol. The van der Waals surface area contributed by atoms with Gasteiger partial charge < -0.3 is 15.9 Å². The van der Waals surface area contributed by atoms with E-state index < -0.39 is 0 Å². The Labute approximate surface area is 73.2 Å². The molecule has 0 aliphatic carbocycles. The molecule has 0 aromatic rings. The summed E-state index contributed by atoms with van der Waals surface area (Å²) in [6, 6.07) is -0.00548. The quantitative estimate of drug-likeness (QED) is 0.517. The minimum absolute atomic E-state index is 0.00548. The van der Waals surface area contributed by atoms with Gasteiger partial charge in [0.15, 0.2) is 0 Å². The zero-order chi connectivity index (χ0) is 9.40. The number of rotatable bonds is 5. The van der Waals surface area contributed by atoms with Gasteiger partial charge in [-0.1, -0.05) is 18.2 Å². The van der Waals surface area contributed by atoms with Gasteiger partial charge >= 0.3 is 0 Å². The summed E-state index contributed by atoms with van der Waals surface area (Å²) in [4.78, 5) is 0. The summed E-state index contributed by atoms with van der Waals surface area (Å²) >= 11 is 0. The highest BCUT2D eigenvalue weighted by Crippen LogP contribution is 1.98. The standard InChI is InChI=1S/C9H17NO2/c1-8(10)4-5-9(7-12)3-2-6-11/h3-5,8,11-12H,2,6-7,10H2,1H3/b5-4-,9-3+. The minimum Gasteiger partial charge on any atom is -0.396 e. The molecule has 1 unspecified atom stereocenters.